The third-order valence-electron chi connectivity index (χ3n) is 2.96. The number of ether oxygens (including phenoxy) is 2. The van der Waals surface area contributed by atoms with Crippen molar-refractivity contribution in [1.29, 1.82) is 0 Å². The Bertz CT molecular complexity index is 389. The highest BCUT2D eigenvalue weighted by atomic mass is 35.5. The maximum absolute atomic E-state index is 11.3. The van der Waals surface area contributed by atoms with E-state index in [0.717, 1.165) is 0 Å². The number of hydrogen-bond acceptors (Lipinski definition) is 5. The SMILES string of the molecule is COC(=O)C1(Cl)OC12CCS(=O)(=O)CC2. The molecule has 2 aliphatic rings. The van der Waals surface area contributed by atoms with Crippen molar-refractivity contribution in [3.8, 4) is 0 Å². The van der Waals surface area contributed by atoms with E-state index < -0.39 is 26.5 Å². The number of esters is 1. The van der Waals surface area contributed by atoms with E-state index in [1.165, 1.54) is 7.11 Å². The predicted molar refractivity (Wildman–Crippen MR) is 52.3 cm³/mol. The van der Waals surface area contributed by atoms with Gasteiger partial charge in [-0.3, -0.25) is 0 Å². The van der Waals surface area contributed by atoms with Crippen LogP contribution >= 0.6 is 11.6 Å². The largest absolute Gasteiger partial charge is 0.466 e. The molecule has 1 atom stereocenters. The second kappa shape index (κ2) is 3.09. The molecule has 2 aliphatic heterocycles. The van der Waals surface area contributed by atoms with Gasteiger partial charge in [-0.05, 0) is 12.8 Å². The highest BCUT2D eigenvalue weighted by Gasteiger charge is 2.75. The Morgan fingerprint density at radius 2 is 1.93 bits per heavy atom. The molecule has 2 heterocycles. The van der Waals surface area contributed by atoms with Crippen LogP contribution in [0.1, 0.15) is 12.8 Å². The Morgan fingerprint density at radius 3 is 2.40 bits per heavy atom. The molecule has 86 valence electrons. The van der Waals surface area contributed by atoms with E-state index in [4.69, 9.17) is 16.3 Å². The van der Waals surface area contributed by atoms with Gasteiger partial charge >= 0.3 is 5.97 Å². The summed E-state index contributed by atoms with van der Waals surface area (Å²) in [5.74, 6) is -0.625. The van der Waals surface area contributed by atoms with Crippen LogP contribution in [-0.4, -0.2) is 43.7 Å². The summed E-state index contributed by atoms with van der Waals surface area (Å²) in [6.45, 7) is 0. The summed E-state index contributed by atoms with van der Waals surface area (Å²) in [5.41, 5.74) is -0.826. The van der Waals surface area contributed by atoms with Crippen LogP contribution in [0.5, 0.6) is 0 Å². The molecule has 2 saturated heterocycles. The van der Waals surface area contributed by atoms with E-state index >= 15 is 0 Å². The highest BCUT2D eigenvalue weighted by molar-refractivity contribution is 7.91. The lowest BCUT2D eigenvalue weighted by atomic mass is 9.98. The first-order chi connectivity index (χ1) is 6.85. The zero-order chi connectivity index (χ0) is 11.3. The number of carbonyl (C=O) groups excluding carboxylic acids is 1. The van der Waals surface area contributed by atoms with Crippen LogP contribution < -0.4 is 0 Å². The molecule has 2 fully saturated rings. The lowest BCUT2D eigenvalue weighted by Crippen LogP contribution is -2.37. The van der Waals surface area contributed by atoms with Gasteiger partial charge in [0.15, 0.2) is 9.84 Å². The number of carbonyl (C=O) groups is 1. The van der Waals surface area contributed by atoms with Crippen molar-refractivity contribution in [2.45, 2.75) is 23.5 Å². The topological polar surface area (TPSA) is 73.0 Å². The molecule has 0 N–H and O–H groups in total. The number of sulfone groups is 1. The first-order valence-electron chi connectivity index (χ1n) is 4.53. The van der Waals surface area contributed by atoms with Gasteiger partial charge in [-0.25, -0.2) is 13.2 Å². The molecule has 2 rings (SSSR count). The van der Waals surface area contributed by atoms with Gasteiger partial charge in [0, 0.05) is 0 Å². The minimum Gasteiger partial charge on any atom is -0.466 e. The Kier molecular flexibility index (Phi) is 2.30. The van der Waals surface area contributed by atoms with Crippen LogP contribution in [0.25, 0.3) is 0 Å². The lowest BCUT2D eigenvalue weighted by Gasteiger charge is -2.19. The van der Waals surface area contributed by atoms with Crippen LogP contribution in [0.2, 0.25) is 0 Å². The zero-order valence-electron chi connectivity index (χ0n) is 8.16. The van der Waals surface area contributed by atoms with Crippen molar-refractivity contribution >= 4 is 27.4 Å². The first-order valence-corrected chi connectivity index (χ1v) is 6.73. The second-order valence-corrected chi connectivity index (χ2v) is 6.67. The van der Waals surface area contributed by atoms with Gasteiger partial charge in [-0.1, -0.05) is 11.6 Å². The Morgan fingerprint density at radius 1 is 1.40 bits per heavy atom. The molecule has 5 nitrogen and oxygen atoms in total. The van der Waals surface area contributed by atoms with Crippen LogP contribution in [0.15, 0.2) is 0 Å². The zero-order valence-corrected chi connectivity index (χ0v) is 9.73. The molecule has 0 radical (unpaired) electrons. The van der Waals surface area contributed by atoms with E-state index in [1.54, 1.807) is 0 Å². The Hall–Kier alpha value is -0.330. The standard InChI is InChI=1S/C8H11ClO5S/c1-13-6(10)8(9)7(14-8)2-4-15(11,12)5-3-7/h2-5H2,1H3. The molecule has 0 bridgehead atoms. The lowest BCUT2D eigenvalue weighted by molar-refractivity contribution is -0.143. The van der Waals surface area contributed by atoms with Crippen molar-refractivity contribution in [2.24, 2.45) is 0 Å². The first kappa shape index (κ1) is 11.2. The number of hydrogen-bond donors (Lipinski definition) is 0. The molecule has 0 amide bonds. The average molecular weight is 255 g/mol. The molecule has 15 heavy (non-hydrogen) atoms. The number of halogens is 1. The maximum atomic E-state index is 11.3. The molecule has 7 heteroatoms. The number of alkyl halides is 1. The van der Waals surface area contributed by atoms with Crippen molar-refractivity contribution in [3.05, 3.63) is 0 Å². The van der Waals surface area contributed by atoms with Crippen molar-refractivity contribution in [3.63, 3.8) is 0 Å². The van der Waals surface area contributed by atoms with Gasteiger partial charge < -0.3 is 9.47 Å². The molecule has 0 aromatic rings. The molecule has 0 saturated carbocycles. The number of epoxide rings is 1. The highest BCUT2D eigenvalue weighted by Crippen LogP contribution is 2.58. The fraction of sp³-hybridized carbons (Fsp3) is 0.875. The van der Waals surface area contributed by atoms with Crippen LogP contribution in [-0.2, 0) is 24.1 Å². The summed E-state index contributed by atoms with van der Waals surface area (Å²) in [4.78, 5) is 11.3. The van der Waals surface area contributed by atoms with E-state index in [-0.39, 0.29) is 24.3 Å². The summed E-state index contributed by atoms with van der Waals surface area (Å²) in [6.07, 6.45) is 0.516. The summed E-state index contributed by atoms with van der Waals surface area (Å²) < 4.78 is 32.1. The molecule has 0 aromatic heterocycles. The van der Waals surface area contributed by atoms with Crippen molar-refractivity contribution in [1.82, 2.24) is 0 Å². The fourth-order valence-corrected chi connectivity index (χ4v) is 3.79. The number of methoxy groups -OCH3 is 1. The molecule has 1 unspecified atom stereocenters. The Labute approximate surface area is 92.6 Å². The van der Waals surface area contributed by atoms with E-state index in [0.29, 0.717) is 0 Å². The van der Waals surface area contributed by atoms with Gasteiger partial charge in [-0.2, -0.15) is 0 Å². The third-order valence-corrected chi connectivity index (χ3v) is 5.19. The van der Waals surface area contributed by atoms with Gasteiger partial charge in [0.1, 0.15) is 5.60 Å². The third kappa shape index (κ3) is 1.55. The smallest absolute Gasteiger partial charge is 0.357 e. The van der Waals surface area contributed by atoms with Crippen LogP contribution in [0, 0.1) is 0 Å². The van der Waals surface area contributed by atoms with Crippen molar-refractivity contribution in [2.75, 3.05) is 18.6 Å². The molecule has 1 spiro atoms. The predicted octanol–water partition coefficient (Wildman–Crippen LogP) is 0.0721. The minimum atomic E-state index is -2.99. The van der Waals surface area contributed by atoms with E-state index in [2.05, 4.69) is 4.74 Å². The fourth-order valence-electron chi connectivity index (χ4n) is 1.89. The molecule has 0 aromatic carbocycles. The normalized spacial score (nSPS) is 36.1. The van der Waals surface area contributed by atoms with Gasteiger partial charge in [-0.15, -0.1) is 0 Å². The quantitative estimate of drug-likeness (QED) is 0.376. The average Bonchev–Trinajstić information content (AvgIpc) is 2.78. The van der Waals surface area contributed by atoms with E-state index in [1.807, 2.05) is 0 Å². The summed E-state index contributed by atoms with van der Waals surface area (Å²) in [5, 5.41) is -1.46. The van der Waals surface area contributed by atoms with Gasteiger partial charge in [0.25, 0.3) is 5.06 Å². The minimum absolute atomic E-state index is 0.0124. The second-order valence-electron chi connectivity index (χ2n) is 3.84. The number of rotatable bonds is 1. The Balaban J connectivity index is 2.12. The maximum Gasteiger partial charge on any atom is 0.357 e. The molecular weight excluding hydrogens is 244 g/mol. The summed E-state index contributed by atoms with van der Waals surface area (Å²) in [7, 11) is -1.76. The van der Waals surface area contributed by atoms with Crippen molar-refractivity contribution < 1.29 is 22.7 Å². The van der Waals surface area contributed by atoms with Gasteiger partial charge in [0.05, 0.1) is 18.6 Å². The van der Waals surface area contributed by atoms with Crippen LogP contribution in [0.3, 0.4) is 0 Å². The monoisotopic (exact) mass is 254 g/mol. The van der Waals surface area contributed by atoms with Crippen LogP contribution in [0.4, 0.5) is 0 Å². The summed E-state index contributed by atoms with van der Waals surface area (Å²) >= 11 is 5.93. The molecular formula is C8H11ClO5S. The van der Waals surface area contributed by atoms with E-state index in [9.17, 15) is 13.2 Å². The summed E-state index contributed by atoms with van der Waals surface area (Å²) in [6, 6.07) is 0. The van der Waals surface area contributed by atoms with Gasteiger partial charge in [0.2, 0.25) is 0 Å². The molecule has 0 aliphatic carbocycles.